The molecule has 2 aromatic heterocycles. The van der Waals surface area contributed by atoms with E-state index in [2.05, 4.69) is 21.8 Å². The van der Waals surface area contributed by atoms with E-state index >= 15 is 0 Å². The lowest BCUT2D eigenvalue weighted by molar-refractivity contribution is -0.137. The molecule has 1 aromatic carbocycles. The lowest BCUT2D eigenvalue weighted by atomic mass is 9.88. The van der Waals surface area contributed by atoms with Crippen molar-refractivity contribution in [1.29, 1.82) is 0 Å². The van der Waals surface area contributed by atoms with Gasteiger partial charge in [0.1, 0.15) is 5.82 Å². The number of piperidine rings is 1. The SMILES string of the molecule is O=C(c1ccc2ccn(CC3COC3)c2c1)N1CC[C@@H]2CN(c3cc(C(F)(F)F)ccn3)C[C@@H]2C1. The Hall–Kier alpha value is -3.07. The quantitative estimate of drug-likeness (QED) is 0.554. The maximum atomic E-state index is 13.4. The molecule has 0 radical (unpaired) electrons. The van der Waals surface area contributed by atoms with Crippen molar-refractivity contribution >= 4 is 22.6 Å². The summed E-state index contributed by atoms with van der Waals surface area (Å²) in [6.07, 6.45) is -0.260. The van der Waals surface area contributed by atoms with Gasteiger partial charge in [-0.05, 0) is 54.0 Å². The first-order chi connectivity index (χ1) is 16.8. The number of anilines is 1. The summed E-state index contributed by atoms with van der Waals surface area (Å²) in [6, 6.07) is 10.1. The minimum atomic E-state index is -4.39. The molecule has 9 heteroatoms. The van der Waals surface area contributed by atoms with E-state index in [-0.39, 0.29) is 11.8 Å². The van der Waals surface area contributed by atoms with Gasteiger partial charge in [-0.2, -0.15) is 13.2 Å². The van der Waals surface area contributed by atoms with Gasteiger partial charge in [-0.3, -0.25) is 4.79 Å². The van der Waals surface area contributed by atoms with Crippen LogP contribution < -0.4 is 4.90 Å². The molecule has 0 bridgehead atoms. The highest BCUT2D eigenvalue weighted by Crippen LogP contribution is 2.36. The van der Waals surface area contributed by atoms with Crippen LogP contribution in [0.2, 0.25) is 0 Å². The maximum absolute atomic E-state index is 13.4. The van der Waals surface area contributed by atoms with Crippen molar-refractivity contribution in [3.05, 3.63) is 59.9 Å². The summed E-state index contributed by atoms with van der Waals surface area (Å²) in [5, 5.41) is 1.11. The number of halogens is 3. The van der Waals surface area contributed by atoms with Crippen LogP contribution in [0.3, 0.4) is 0 Å². The van der Waals surface area contributed by atoms with Gasteiger partial charge in [0, 0.05) is 62.1 Å². The van der Waals surface area contributed by atoms with Gasteiger partial charge in [-0.1, -0.05) is 6.07 Å². The molecule has 0 unspecified atom stereocenters. The molecule has 5 heterocycles. The van der Waals surface area contributed by atoms with Gasteiger partial charge in [0.05, 0.1) is 18.8 Å². The average Bonchev–Trinajstić information content (AvgIpc) is 3.43. The standard InChI is InChI=1S/C26H27F3N4O2/c27-26(28,29)22-3-6-30-24(10-22)33-12-20-5-8-32(13-21(20)14-33)25(34)19-2-1-18-4-7-31(23(18)9-19)11-17-15-35-16-17/h1-4,6-7,9-10,17,20-21H,5,8,11-16H2/t20-,21+/m1/s1. The number of carbonyl (C=O) groups is 1. The third kappa shape index (κ3) is 4.26. The second-order valence-corrected chi connectivity index (χ2v) is 10.0. The van der Waals surface area contributed by atoms with E-state index in [1.165, 1.54) is 6.20 Å². The molecule has 184 valence electrons. The minimum Gasteiger partial charge on any atom is -0.381 e. The topological polar surface area (TPSA) is 50.6 Å². The number of rotatable bonds is 4. The minimum absolute atomic E-state index is 0.0146. The fraction of sp³-hybridized carbons (Fsp3) is 0.462. The van der Waals surface area contributed by atoms with Gasteiger partial charge in [0.15, 0.2) is 0 Å². The predicted molar refractivity (Wildman–Crippen MR) is 125 cm³/mol. The number of amides is 1. The number of fused-ring (bicyclic) bond motifs is 2. The summed E-state index contributed by atoms with van der Waals surface area (Å²) in [6.45, 7) is 4.98. The number of alkyl halides is 3. The molecule has 0 N–H and O–H groups in total. The molecule has 6 nitrogen and oxygen atoms in total. The number of nitrogens with zero attached hydrogens (tertiary/aromatic N) is 4. The summed E-state index contributed by atoms with van der Waals surface area (Å²) in [4.78, 5) is 21.4. The fourth-order valence-corrected chi connectivity index (χ4v) is 5.63. The van der Waals surface area contributed by atoms with E-state index in [9.17, 15) is 18.0 Å². The van der Waals surface area contributed by atoms with Crippen molar-refractivity contribution in [2.45, 2.75) is 19.1 Å². The van der Waals surface area contributed by atoms with Crippen LogP contribution in [0.1, 0.15) is 22.3 Å². The Morgan fingerprint density at radius 2 is 1.89 bits per heavy atom. The molecule has 0 saturated carbocycles. The molecule has 0 aliphatic carbocycles. The normalized spacial score (nSPS) is 22.9. The highest BCUT2D eigenvalue weighted by atomic mass is 19.4. The number of carbonyl (C=O) groups excluding carboxylic acids is 1. The van der Waals surface area contributed by atoms with Crippen LogP contribution in [0.4, 0.5) is 19.0 Å². The first kappa shape index (κ1) is 22.4. The van der Waals surface area contributed by atoms with Crippen molar-refractivity contribution in [3.8, 4) is 0 Å². The van der Waals surface area contributed by atoms with Crippen LogP contribution in [0.5, 0.6) is 0 Å². The molecule has 3 aliphatic heterocycles. The Balaban J connectivity index is 1.16. The summed E-state index contributed by atoms with van der Waals surface area (Å²) in [7, 11) is 0. The third-order valence-corrected chi connectivity index (χ3v) is 7.67. The number of hydrogen-bond acceptors (Lipinski definition) is 4. The summed E-state index contributed by atoms with van der Waals surface area (Å²) >= 11 is 0. The Bertz CT molecular complexity index is 1250. The number of likely N-dealkylation sites (tertiary alicyclic amines) is 1. The zero-order valence-corrected chi connectivity index (χ0v) is 19.2. The Morgan fingerprint density at radius 3 is 2.66 bits per heavy atom. The predicted octanol–water partition coefficient (Wildman–Crippen LogP) is 4.30. The van der Waals surface area contributed by atoms with Gasteiger partial charge < -0.3 is 19.1 Å². The van der Waals surface area contributed by atoms with Gasteiger partial charge in [0.25, 0.3) is 5.91 Å². The van der Waals surface area contributed by atoms with E-state index in [0.717, 1.165) is 49.2 Å². The second-order valence-electron chi connectivity index (χ2n) is 10.0. The largest absolute Gasteiger partial charge is 0.416 e. The number of benzene rings is 1. The third-order valence-electron chi connectivity index (χ3n) is 7.67. The average molecular weight is 485 g/mol. The molecular formula is C26H27F3N4O2. The summed E-state index contributed by atoms with van der Waals surface area (Å²) in [5.41, 5.74) is 1.05. The highest BCUT2D eigenvalue weighted by Gasteiger charge is 2.40. The van der Waals surface area contributed by atoms with Gasteiger partial charge in [-0.25, -0.2) is 4.98 Å². The lowest BCUT2D eigenvalue weighted by Gasteiger charge is -2.34. The van der Waals surface area contributed by atoms with Crippen LogP contribution in [-0.2, 0) is 17.5 Å². The summed E-state index contributed by atoms with van der Waals surface area (Å²) < 4.78 is 46.9. The molecule has 1 amide bonds. The van der Waals surface area contributed by atoms with E-state index in [1.54, 1.807) is 0 Å². The Morgan fingerprint density at radius 1 is 1.06 bits per heavy atom. The van der Waals surface area contributed by atoms with Crippen molar-refractivity contribution < 1.29 is 22.7 Å². The Kier molecular flexibility index (Phi) is 5.47. The van der Waals surface area contributed by atoms with Crippen LogP contribution in [-0.4, -0.2) is 59.8 Å². The monoisotopic (exact) mass is 484 g/mol. The molecule has 2 atom stereocenters. The zero-order chi connectivity index (χ0) is 24.2. The molecule has 3 saturated heterocycles. The van der Waals surface area contributed by atoms with Gasteiger partial charge in [-0.15, -0.1) is 0 Å². The molecule has 6 rings (SSSR count). The van der Waals surface area contributed by atoms with Crippen molar-refractivity contribution in [1.82, 2.24) is 14.5 Å². The molecule has 0 spiro atoms. The number of aromatic nitrogens is 2. The number of pyridine rings is 1. The van der Waals surface area contributed by atoms with Crippen molar-refractivity contribution in [2.75, 3.05) is 44.3 Å². The summed E-state index contributed by atoms with van der Waals surface area (Å²) in [5.74, 6) is 1.45. The van der Waals surface area contributed by atoms with Crippen molar-refractivity contribution in [3.63, 3.8) is 0 Å². The molecule has 3 aromatic rings. The maximum Gasteiger partial charge on any atom is 0.416 e. The zero-order valence-electron chi connectivity index (χ0n) is 19.2. The number of hydrogen-bond donors (Lipinski definition) is 0. The fourth-order valence-electron chi connectivity index (χ4n) is 5.63. The van der Waals surface area contributed by atoms with Gasteiger partial charge >= 0.3 is 6.18 Å². The first-order valence-corrected chi connectivity index (χ1v) is 12.1. The van der Waals surface area contributed by atoms with Crippen LogP contribution >= 0.6 is 0 Å². The van der Waals surface area contributed by atoms with Crippen LogP contribution in [0.15, 0.2) is 48.8 Å². The van der Waals surface area contributed by atoms with Crippen LogP contribution in [0, 0.1) is 17.8 Å². The van der Waals surface area contributed by atoms with E-state index in [4.69, 9.17) is 4.74 Å². The van der Waals surface area contributed by atoms with Gasteiger partial charge in [0.2, 0.25) is 0 Å². The molecule has 3 fully saturated rings. The van der Waals surface area contributed by atoms with E-state index < -0.39 is 11.7 Å². The lowest BCUT2D eigenvalue weighted by Crippen LogP contribution is -2.43. The molecule has 35 heavy (non-hydrogen) atoms. The first-order valence-electron chi connectivity index (χ1n) is 12.1. The van der Waals surface area contributed by atoms with Crippen LogP contribution in [0.25, 0.3) is 10.9 Å². The highest BCUT2D eigenvalue weighted by molar-refractivity contribution is 5.98. The van der Waals surface area contributed by atoms with E-state index in [0.29, 0.717) is 49.4 Å². The van der Waals surface area contributed by atoms with E-state index in [1.807, 2.05) is 28.0 Å². The smallest absolute Gasteiger partial charge is 0.381 e. The van der Waals surface area contributed by atoms with Crippen molar-refractivity contribution in [2.24, 2.45) is 17.8 Å². The molecule has 3 aliphatic rings. The number of ether oxygens (including phenoxy) is 1. The second kappa shape index (κ2) is 8.55. The molecular weight excluding hydrogens is 457 g/mol. The Labute approximate surface area is 201 Å².